The van der Waals surface area contributed by atoms with Gasteiger partial charge >= 0.3 is 0 Å². The summed E-state index contributed by atoms with van der Waals surface area (Å²) in [7, 11) is 1.69. The number of nitrogens with two attached hydrogens (primary N) is 1. The topological polar surface area (TPSA) is 68.9 Å². The van der Waals surface area contributed by atoms with Gasteiger partial charge in [-0.15, -0.1) is 0 Å². The molecule has 0 fully saturated rings. The van der Waals surface area contributed by atoms with Gasteiger partial charge in [-0.3, -0.25) is 0 Å². The molecule has 25 heavy (non-hydrogen) atoms. The summed E-state index contributed by atoms with van der Waals surface area (Å²) >= 11 is 0. The molecule has 0 aliphatic heterocycles. The highest BCUT2D eigenvalue weighted by Crippen LogP contribution is 2.21. The van der Waals surface area contributed by atoms with Crippen molar-refractivity contribution >= 4 is 11.6 Å². The molecular formula is C20H27N3O2. The van der Waals surface area contributed by atoms with Gasteiger partial charge in [0.15, 0.2) is 5.96 Å². The third kappa shape index (κ3) is 6.47. The van der Waals surface area contributed by atoms with Crippen molar-refractivity contribution in [1.82, 2.24) is 0 Å². The average molecular weight is 341 g/mol. The summed E-state index contributed by atoms with van der Waals surface area (Å²) in [6.07, 6.45) is 0.851. The molecule has 2 aromatic rings. The van der Waals surface area contributed by atoms with E-state index in [0.717, 1.165) is 29.0 Å². The van der Waals surface area contributed by atoms with E-state index in [-0.39, 0.29) is 0 Å². The summed E-state index contributed by atoms with van der Waals surface area (Å²) in [6, 6.07) is 14.1. The number of anilines is 1. The highest BCUT2D eigenvalue weighted by molar-refractivity contribution is 5.92. The van der Waals surface area contributed by atoms with E-state index in [1.54, 1.807) is 7.11 Å². The van der Waals surface area contributed by atoms with Crippen LogP contribution in [0.2, 0.25) is 0 Å². The Labute approximate surface area is 149 Å². The van der Waals surface area contributed by atoms with Gasteiger partial charge in [-0.2, -0.15) is 0 Å². The molecule has 134 valence electrons. The number of aliphatic imine (C=N–C) groups is 1. The molecule has 5 heteroatoms. The van der Waals surface area contributed by atoms with Crippen molar-refractivity contribution in [2.45, 2.75) is 26.8 Å². The van der Waals surface area contributed by atoms with Gasteiger partial charge in [0.1, 0.15) is 5.75 Å². The number of ether oxygens (including phenoxy) is 2. The van der Waals surface area contributed by atoms with E-state index in [2.05, 4.69) is 16.4 Å². The molecule has 0 saturated carbocycles. The predicted octanol–water partition coefficient (Wildman–Crippen LogP) is 3.65. The van der Waals surface area contributed by atoms with Crippen LogP contribution in [0.15, 0.2) is 47.5 Å². The van der Waals surface area contributed by atoms with Gasteiger partial charge in [0.05, 0.1) is 13.2 Å². The smallest absolute Gasteiger partial charge is 0.193 e. The average Bonchev–Trinajstić information content (AvgIpc) is 2.60. The minimum absolute atomic E-state index is 0.384. The first-order valence-corrected chi connectivity index (χ1v) is 8.43. The lowest BCUT2D eigenvalue weighted by Crippen LogP contribution is -2.22. The van der Waals surface area contributed by atoms with E-state index < -0.39 is 0 Å². The third-order valence-corrected chi connectivity index (χ3v) is 3.72. The molecule has 0 bridgehead atoms. The molecule has 3 N–H and O–H groups in total. The number of nitrogens with one attached hydrogen (secondary N) is 1. The molecular weight excluding hydrogens is 314 g/mol. The van der Waals surface area contributed by atoms with Crippen LogP contribution in [0, 0.1) is 13.8 Å². The molecule has 0 spiro atoms. The monoisotopic (exact) mass is 341 g/mol. The zero-order valence-electron chi connectivity index (χ0n) is 15.2. The van der Waals surface area contributed by atoms with Crippen LogP contribution in [0.25, 0.3) is 0 Å². The molecule has 5 nitrogen and oxygen atoms in total. The molecule has 0 unspecified atom stereocenters. The van der Waals surface area contributed by atoms with Gasteiger partial charge in [0, 0.05) is 31.4 Å². The van der Waals surface area contributed by atoms with Gasteiger partial charge < -0.3 is 20.5 Å². The Morgan fingerprint density at radius 3 is 2.48 bits per heavy atom. The number of rotatable bonds is 8. The van der Waals surface area contributed by atoms with Crippen molar-refractivity contribution in [2.75, 3.05) is 25.6 Å². The van der Waals surface area contributed by atoms with Gasteiger partial charge in [-0.05, 0) is 37.6 Å². The molecule has 2 rings (SSSR count). The van der Waals surface area contributed by atoms with Crippen LogP contribution in [-0.2, 0) is 11.3 Å². The van der Waals surface area contributed by atoms with Gasteiger partial charge in [0.2, 0.25) is 0 Å². The van der Waals surface area contributed by atoms with Crippen LogP contribution in [0.1, 0.15) is 23.1 Å². The van der Waals surface area contributed by atoms with E-state index in [1.165, 1.54) is 5.56 Å². The summed E-state index contributed by atoms with van der Waals surface area (Å²) in [5.74, 6) is 1.23. The Bertz CT molecular complexity index is 697. The van der Waals surface area contributed by atoms with Gasteiger partial charge in [-0.1, -0.05) is 29.8 Å². The van der Waals surface area contributed by atoms with Crippen molar-refractivity contribution in [2.24, 2.45) is 10.7 Å². The molecule has 0 aliphatic rings. The van der Waals surface area contributed by atoms with Crippen molar-refractivity contribution in [3.05, 3.63) is 59.2 Å². The van der Waals surface area contributed by atoms with E-state index in [4.69, 9.17) is 15.2 Å². The van der Waals surface area contributed by atoms with E-state index in [0.29, 0.717) is 25.7 Å². The van der Waals surface area contributed by atoms with Crippen LogP contribution in [0.5, 0.6) is 5.75 Å². The third-order valence-electron chi connectivity index (χ3n) is 3.72. The van der Waals surface area contributed by atoms with E-state index in [9.17, 15) is 0 Å². The maximum Gasteiger partial charge on any atom is 0.193 e. The Balaban J connectivity index is 1.99. The maximum atomic E-state index is 5.99. The molecule has 0 aliphatic carbocycles. The van der Waals surface area contributed by atoms with Crippen LogP contribution in [0.4, 0.5) is 5.69 Å². The Kier molecular flexibility index (Phi) is 7.29. The lowest BCUT2D eigenvalue weighted by molar-refractivity contribution is 0.172. The van der Waals surface area contributed by atoms with Gasteiger partial charge in [-0.25, -0.2) is 4.99 Å². The Hall–Kier alpha value is -2.53. The molecule has 0 saturated heterocycles. The van der Waals surface area contributed by atoms with Crippen LogP contribution in [0.3, 0.4) is 0 Å². The van der Waals surface area contributed by atoms with Crippen molar-refractivity contribution < 1.29 is 9.47 Å². The normalized spacial score (nSPS) is 11.4. The van der Waals surface area contributed by atoms with Gasteiger partial charge in [0.25, 0.3) is 0 Å². The second-order valence-corrected chi connectivity index (χ2v) is 6.00. The fourth-order valence-electron chi connectivity index (χ4n) is 2.31. The lowest BCUT2D eigenvalue weighted by atomic mass is 10.1. The summed E-state index contributed by atoms with van der Waals surface area (Å²) < 4.78 is 10.9. The highest BCUT2D eigenvalue weighted by Gasteiger charge is 2.05. The molecule has 0 amide bonds. The molecule has 0 atom stereocenters. The number of hydrogen-bond acceptors (Lipinski definition) is 3. The highest BCUT2D eigenvalue weighted by atomic mass is 16.5. The van der Waals surface area contributed by atoms with Crippen molar-refractivity contribution in [1.29, 1.82) is 0 Å². The molecule has 0 radical (unpaired) electrons. The quantitative estimate of drug-likeness (QED) is 0.437. The number of hydrogen-bond donors (Lipinski definition) is 2. The van der Waals surface area contributed by atoms with Crippen LogP contribution < -0.4 is 15.8 Å². The molecule has 0 heterocycles. The minimum atomic E-state index is 0.384. The Morgan fingerprint density at radius 2 is 1.76 bits per heavy atom. The maximum absolute atomic E-state index is 5.99. The lowest BCUT2D eigenvalue weighted by Gasteiger charge is -2.12. The fraction of sp³-hybridized carbons (Fsp3) is 0.350. The number of nitrogens with zero attached hydrogens (tertiary/aromatic N) is 1. The second-order valence-electron chi connectivity index (χ2n) is 6.00. The number of aryl methyl sites for hydroxylation is 2. The summed E-state index contributed by atoms with van der Waals surface area (Å²) in [6.45, 7) is 5.86. The molecule has 2 aromatic carbocycles. The summed E-state index contributed by atoms with van der Waals surface area (Å²) in [4.78, 5) is 4.43. The zero-order chi connectivity index (χ0) is 18.1. The Morgan fingerprint density at radius 1 is 1.04 bits per heavy atom. The van der Waals surface area contributed by atoms with Crippen molar-refractivity contribution in [3.63, 3.8) is 0 Å². The predicted molar refractivity (Wildman–Crippen MR) is 103 cm³/mol. The first-order chi connectivity index (χ1) is 12.1. The summed E-state index contributed by atoms with van der Waals surface area (Å²) in [5.41, 5.74) is 10.3. The number of benzene rings is 2. The second kappa shape index (κ2) is 9.69. The minimum Gasteiger partial charge on any atom is -0.493 e. The molecule has 0 aromatic heterocycles. The number of methoxy groups -OCH3 is 1. The SMILES string of the molecule is COCCCOc1cc(C)ccc1CN=C(N)Nc1ccc(C)cc1. The first kappa shape index (κ1) is 18.8. The van der Waals surface area contributed by atoms with Crippen LogP contribution >= 0.6 is 0 Å². The first-order valence-electron chi connectivity index (χ1n) is 8.43. The number of guanidine groups is 1. The zero-order valence-corrected chi connectivity index (χ0v) is 15.2. The summed E-state index contributed by atoms with van der Waals surface area (Å²) in [5, 5.41) is 3.10. The van der Waals surface area contributed by atoms with E-state index >= 15 is 0 Å². The van der Waals surface area contributed by atoms with Crippen molar-refractivity contribution in [3.8, 4) is 5.75 Å². The fourth-order valence-corrected chi connectivity index (χ4v) is 2.31. The standard InChI is InChI=1S/C20H27N3O2/c1-15-6-9-18(10-7-15)23-20(21)22-14-17-8-5-16(2)13-19(17)25-12-4-11-24-3/h5-10,13H,4,11-12,14H2,1-3H3,(H3,21,22,23). The van der Waals surface area contributed by atoms with E-state index in [1.807, 2.05) is 50.2 Å². The van der Waals surface area contributed by atoms with Crippen LogP contribution in [-0.4, -0.2) is 26.3 Å². The largest absolute Gasteiger partial charge is 0.493 e.